The highest BCUT2D eigenvalue weighted by atomic mass is 35.5. The van der Waals surface area contributed by atoms with Gasteiger partial charge in [0.15, 0.2) is 5.11 Å². The third-order valence-electron chi connectivity index (χ3n) is 3.12. The zero-order chi connectivity index (χ0) is 19.1. The van der Waals surface area contributed by atoms with Gasteiger partial charge in [-0.15, -0.1) is 11.8 Å². The summed E-state index contributed by atoms with van der Waals surface area (Å²) in [6.45, 7) is 1.99. The van der Waals surface area contributed by atoms with Gasteiger partial charge in [-0.1, -0.05) is 29.3 Å². The molecule has 2 aromatic rings. The van der Waals surface area contributed by atoms with Gasteiger partial charge in [-0.05, 0) is 37.3 Å². The van der Waals surface area contributed by atoms with E-state index < -0.39 is 4.92 Å². The zero-order valence-electron chi connectivity index (χ0n) is 13.6. The van der Waals surface area contributed by atoms with Gasteiger partial charge in [-0.2, -0.15) is 0 Å². The average Bonchev–Trinajstić information content (AvgIpc) is 2.61. The number of nitrogens with zero attached hydrogens (tertiary/aromatic N) is 1. The molecule has 2 rings (SSSR count). The lowest BCUT2D eigenvalue weighted by Gasteiger charge is -2.12. The number of anilines is 1. The Kier molecular flexibility index (Phi) is 7.19. The van der Waals surface area contributed by atoms with Crippen LogP contribution in [0.2, 0.25) is 5.02 Å². The van der Waals surface area contributed by atoms with Crippen molar-refractivity contribution in [3.8, 4) is 0 Å². The number of thioether (sulfide) groups is 1. The lowest BCUT2D eigenvalue weighted by atomic mass is 10.2. The van der Waals surface area contributed by atoms with E-state index in [4.69, 9.17) is 23.8 Å². The number of thiocarbonyl (C=S) groups is 1. The minimum atomic E-state index is -0.540. The van der Waals surface area contributed by atoms with Crippen LogP contribution in [0.25, 0.3) is 0 Å². The van der Waals surface area contributed by atoms with Gasteiger partial charge in [0.1, 0.15) is 0 Å². The summed E-state index contributed by atoms with van der Waals surface area (Å²) in [6, 6.07) is 11.8. The van der Waals surface area contributed by atoms with Gasteiger partial charge in [0.25, 0.3) is 5.69 Å². The molecule has 0 saturated carbocycles. The largest absolute Gasteiger partial charge is 0.330 e. The monoisotopic (exact) mass is 410 g/mol. The molecule has 26 heavy (non-hydrogen) atoms. The van der Waals surface area contributed by atoms with Crippen LogP contribution in [0, 0.1) is 17.0 Å². The summed E-state index contributed by atoms with van der Waals surface area (Å²) in [5.41, 5.74) is 6.27. The van der Waals surface area contributed by atoms with Crippen molar-refractivity contribution >= 4 is 58.0 Å². The topological polar surface area (TPSA) is 96.3 Å². The minimum Gasteiger partial charge on any atom is -0.330 e. The van der Waals surface area contributed by atoms with E-state index >= 15 is 0 Å². The smallest absolute Gasteiger partial charge is 0.271 e. The van der Waals surface area contributed by atoms with Crippen LogP contribution in [0.15, 0.2) is 47.4 Å². The minimum absolute atomic E-state index is 0.0566. The Hall–Kier alpha value is -2.36. The summed E-state index contributed by atoms with van der Waals surface area (Å²) in [7, 11) is 0. The molecule has 0 fully saturated rings. The number of benzene rings is 2. The number of rotatable bonds is 5. The molecule has 2 aromatic carbocycles. The molecule has 3 N–H and O–H groups in total. The Morgan fingerprint density at radius 1 is 1.23 bits per heavy atom. The molecule has 0 aliphatic rings. The van der Waals surface area contributed by atoms with Gasteiger partial charge in [-0.25, -0.2) is 0 Å². The second kappa shape index (κ2) is 9.37. The molecule has 1 amide bonds. The van der Waals surface area contributed by atoms with Crippen LogP contribution in [0.4, 0.5) is 11.4 Å². The Labute approximate surface area is 164 Å². The second-order valence-electron chi connectivity index (χ2n) is 5.15. The van der Waals surface area contributed by atoms with E-state index in [1.165, 1.54) is 30.0 Å². The molecule has 10 heteroatoms. The second-order valence-corrected chi connectivity index (χ2v) is 7.01. The van der Waals surface area contributed by atoms with E-state index in [0.717, 1.165) is 10.5 Å². The number of amides is 1. The molecule has 0 atom stereocenters. The highest BCUT2D eigenvalue weighted by molar-refractivity contribution is 8.00. The van der Waals surface area contributed by atoms with Crippen molar-refractivity contribution in [2.45, 2.75) is 11.8 Å². The van der Waals surface area contributed by atoms with Crippen LogP contribution in [0.5, 0.6) is 0 Å². The van der Waals surface area contributed by atoms with Gasteiger partial charge in [0, 0.05) is 17.0 Å². The number of hydrazine groups is 1. The fourth-order valence-electron chi connectivity index (χ4n) is 1.82. The van der Waals surface area contributed by atoms with Gasteiger partial charge < -0.3 is 5.32 Å². The lowest BCUT2D eigenvalue weighted by molar-refractivity contribution is -0.384. The molecule has 0 spiro atoms. The van der Waals surface area contributed by atoms with Gasteiger partial charge in [0.2, 0.25) is 5.91 Å². The molecule has 0 aliphatic heterocycles. The molecule has 0 radical (unpaired) electrons. The molecule has 136 valence electrons. The molecular weight excluding hydrogens is 396 g/mol. The average molecular weight is 411 g/mol. The van der Waals surface area contributed by atoms with E-state index in [2.05, 4.69) is 16.2 Å². The summed E-state index contributed by atoms with van der Waals surface area (Å²) in [6.07, 6.45) is 0. The molecule has 0 heterocycles. The Morgan fingerprint density at radius 2 is 1.92 bits per heavy atom. The van der Waals surface area contributed by atoms with Crippen LogP contribution >= 0.6 is 35.6 Å². The van der Waals surface area contributed by atoms with Crippen molar-refractivity contribution in [1.29, 1.82) is 0 Å². The van der Waals surface area contributed by atoms with Gasteiger partial charge in [0.05, 0.1) is 21.4 Å². The maximum Gasteiger partial charge on any atom is 0.271 e. The van der Waals surface area contributed by atoms with Gasteiger partial charge in [-0.3, -0.25) is 25.8 Å². The lowest BCUT2D eigenvalue weighted by Crippen LogP contribution is -2.44. The number of non-ortho nitro benzene ring substituents is 1. The molecule has 7 nitrogen and oxygen atoms in total. The van der Waals surface area contributed by atoms with E-state index in [1.807, 2.05) is 31.2 Å². The van der Waals surface area contributed by atoms with Gasteiger partial charge >= 0.3 is 0 Å². The summed E-state index contributed by atoms with van der Waals surface area (Å²) in [5.74, 6) is -0.0687. The van der Waals surface area contributed by atoms with Crippen LogP contribution < -0.4 is 16.2 Å². The first-order valence-corrected chi connectivity index (χ1v) is 9.11. The molecular formula is C16H15ClN4O3S2. The molecule has 0 aliphatic carbocycles. The third-order valence-corrected chi connectivity index (χ3v) is 4.66. The maximum atomic E-state index is 11.9. The number of aryl methyl sites for hydroxylation is 1. The van der Waals surface area contributed by atoms with E-state index in [-0.39, 0.29) is 33.2 Å². The van der Waals surface area contributed by atoms with Crippen LogP contribution in [0.3, 0.4) is 0 Å². The predicted octanol–water partition coefficient (Wildman–Crippen LogP) is 3.67. The highest BCUT2D eigenvalue weighted by Crippen LogP contribution is 2.26. The highest BCUT2D eigenvalue weighted by Gasteiger charge is 2.11. The van der Waals surface area contributed by atoms with Crippen molar-refractivity contribution in [3.63, 3.8) is 0 Å². The molecule has 0 bridgehead atoms. The number of halogens is 1. The summed E-state index contributed by atoms with van der Waals surface area (Å²) in [5, 5.41) is 13.8. The third kappa shape index (κ3) is 6.17. The summed E-state index contributed by atoms with van der Waals surface area (Å²) < 4.78 is 0. The van der Waals surface area contributed by atoms with Crippen LogP contribution in [-0.2, 0) is 4.79 Å². The number of nitro groups is 1. The first-order chi connectivity index (χ1) is 12.3. The molecule has 0 saturated heterocycles. The normalized spacial score (nSPS) is 10.1. The number of hydrogen-bond acceptors (Lipinski definition) is 5. The Balaban J connectivity index is 1.81. The number of carbonyl (C=O) groups excluding carboxylic acids is 1. The van der Waals surface area contributed by atoms with Crippen molar-refractivity contribution in [3.05, 3.63) is 63.2 Å². The maximum absolute atomic E-state index is 11.9. The van der Waals surface area contributed by atoms with Crippen molar-refractivity contribution in [2.75, 3.05) is 11.1 Å². The fourth-order valence-corrected chi connectivity index (χ4v) is 2.85. The first-order valence-electron chi connectivity index (χ1n) is 7.34. The van der Waals surface area contributed by atoms with Crippen LogP contribution in [-0.4, -0.2) is 21.7 Å². The van der Waals surface area contributed by atoms with Crippen molar-refractivity contribution < 1.29 is 9.72 Å². The van der Waals surface area contributed by atoms with Crippen LogP contribution in [0.1, 0.15) is 5.56 Å². The van der Waals surface area contributed by atoms with E-state index in [9.17, 15) is 14.9 Å². The molecule has 0 unspecified atom stereocenters. The van der Waals surface area contributed by atoms with E-state index in [1.54, 1.807) is 0 Å². The predicted molar refractivity (Wildman–Crippen MR) is 108 cm³/mol. The standard InChI is InChI=1S/C16H15ClN4O3S2/c1-10-2-5-12(6-3-10)26-9-15(22)19-20-16(25)18-14-8-11(21(23)24)4-7-13(14)17/h2-8H,9H2,1H3,(H,19,22)(H2,18,20,25). The Morgan fingerprint density at radius 3 is 2.58 bits per heavy atom. The Bertz CT molecular complexity index is 831. The van der Waals surface area contributed by atoms with Crippen molar-refractivity contribution in [2.24, 2.45) is 0 Å². The van der Waals surface area contributed by atoms with Crippen molar-refractivity contribution in [1.82, 2.24) is 10.9 Å². The summed E-state index contributed by atoms with van der Waals surface area (Å²) in [4.78, 5) is 23.1. The summed E-state index contributed by atoms with van der Waals surface area (Å²) >= 11 is 12.4. The molecule has 0 aromatic heterocycles. The number of nitro benzene ring substituents is 1. The quantitative estimate of drug-likeness (QED) is 0.299. The number of hydrogen-bond donors (Lipinski definition) is 3. The number of carbonyl (C=O) groups is 1. The SMILES string of the molecule is Cc1ccc(SCC(=O)NNC(=S)Nc2cc([N+](=O)[O-])ccc2Cl)cc1. The number of nitrogens with one attached hydrogen (secondary N) is 3. The fraction of sp³-hybridized carbons (Fsp3) is 0.125. The van der Waals surface area contributed by atoms with E-state index in [0.29, 0.717) is 0 Å². The first kappa shape index (κ1) is 20.0. The zero-order valence-corrected chi connectivity index (χ0v) is 16.0.